The molecule has 2 N–H and O–H groups in total. The first kappa shape index (κ1) is 12.3. The molecule has 1 aromatic carbocycles. The highest BCUT2D eigenvalue weighted by Gasteiger charge is 2.18. The first-order valence-corrected chi connectivity index (χ1v) is 6.92. The normalized spacial score (nSPS) is 13.8. The van der Waals surface area contributed by atoms with Crippen molar-refractivity contribution in [2.24, 2.45) is 0 Å². The fraction of sp³-hybridized carbons (Fsp3) is 0.231. The molecule has 2 aromatic rings. The molecule has 2 heterocycles. The summed E-state index contributed by atoms with van der Waals surface area (Å²) < 4.78 is 25.0. The van der Waals surface area contributed by atoms with E-state index in [2.05, 4.69) is 9.97 Å². The van der Waals surface area contributed by atoms with Gasteiger partial charge in [0.2, 0.25) is 0 Å². The van der Waals surface area contributed by atoms with Gasteiger partial charge in [-0.1, -0.05) is 24.3 Å². The monoisotopic (exact) mass is 279 g/mol. The fourth-order valence-corrected chi connectivity index (χ4v) is 3.04. The van der Waals surface area contributed by atoms with Gasteiger partial charge in [-0.3, -0.25) is 0 Å². The number of halogens is 2. The molecule has 1 aliphatic rings. The van der Waals surface area contributed by atoms with Crippen LogP contribution in [0.25, 0.3) is 11.4 Å². The van der Waals surface area contributed by atoms with Gasteiger partial charge in [0.1, 0.15) is 5.82 Å². The Morgan fingerprint density at radius 3 is 2.53 bits per heavy atom. The van der Waals surface area contributed by atoms with Crippen LogP contribution in [0, 0.1) is 0 Å². The zero-order valence-electron chi connectivity index (χ0n) is 9.94. The van der Waals surface area contributed by atoms with E-state index in [0.29, 0.717) is 17.2 Å². The highest BCUT2D eigenvalue weighted by atomic mass is 32.2. The third kappa shape index (κ3) is 2.28. The number of nitrogen functional groups attached to an aromatic ring is 1. The lowest BCUT2D eigenvalue weighted by atomic mass is 10.1. The summed E-state index contributed by atoms with van der Waals surface area (Å²) in [5.41, 5.74) is 8.55. The zero-order valence-corrected chi connectivity index (χ0v) is 10.8. The van der Waals surface area contributed by atoms with E-state index in [1.807, 2.05) is 0 Å². The van der Waals surface area contributed by atoms with Gasteiger partial charge in [0.05, 0.1) is 5.69 Å². The Morgan fingerprint density at radius 2 is 1.84 bits per heavy atom. The Labute approximate surface area is 113 Å². The van der Waals surface area contributed by atoms with Gasteiger partial charge in [-0.2, -0.15) is 11.8 Å². The van der Waals surface area contributed by atoms with Crippen LogP contribution in [0.5, 0.6) is 0 Å². The van der Waals surface area contributed by atoms with Gasteiger partial charge in [0, 0.05) is 28.2 Å². The minimum Gasteiger partial charge on any atom is -0.383 e. The molecule has 98 valence electrons. The molecule has 0 saturated heterocycles. The molecule has 0 atom stereocenters. The van der Waals surface area contributed by atoms with Gasteiger partial charge in [-0.25, -0.2) is 18.7 Å². The van der Waals surface area contributed by atoms with Gasteiger partial charge >= 0.3 is 0 Å². The van der Waals surface area contributed by atoms with Crippen molar-refractivity contribution in [1.82, 2.24) is 9.97 Å². The molecule has 0 unspecified atom stereocenters. The molecule has 3 rings (SSSR count). The van der Waals surface area contributed by atoms with Gasteiger partial charge < -0.3 is 5.73 Å². The standard InChI is InChI=1S/C13H11F2N3S/c14-11(15)7-1-3-8(4-2-7)13-17-10-6-19-5-9(10)12(16)18-13/h1-4,11H,5-6H2,(H2,16,17,18). The van der Waals surface area contributed by atoms with Crippen LogP contribution in [0.1, 0.15) is 23.2 Å². The molecule has 3 nitrogen and oxygen atoms in total. The molecular formula is C13H11F2N3S. The van der Waals surface area contributed by atoms with Crippen LogP contribution in [0.15, 0.2) is 24.3 Å². The molecule has 0 bridgehead atoms. The molecule has 6 heteroatoms. The minimum atomic E-state index is -2.46. The average Bonchev–Trinajstić information content (AvgIpc) is 2.87. The number of alkyl halides is 2. The quantitative estimate of drug-likeness (QED) is 0.915. The van der Waals surface area contributed by atoms with E-state index in [4.69, 9.17) is 5.73 Å². The summed E-state index contributed by atoms with van der Waals surface area (Å²) in [6, 6.07) is 5.98. The van der Waals surface area contributed by atoms with E-state index >= 15 is 0 Å². The summed E-state index contributed by atoms with van der Waals surface area (Å²) in [5.74, 6) is 2.65. The fourth-order valence-electron chi connectivity index (χ4n) is 1.98. The summed E-state index contributed by atoms with van der Waals surface area (Å²) >= 11 is 1.75. The molecule has 19 heavy (non-hydrogen) atoms. The maximum absolute atomic E-state index is 12.5. The predicted octanol–water partition coefficient (Wildman–Crippen LogP) is 3.41. The number of thioether (sulfide) groups is 1. The smallest absolute Gasteiger partial charge is 0.263 e. The molecule has 1 aliphatic heterocycles. The van der Waals surface area contributed by atoms with Crippen molar-refractivity contribution in [3.8, 4) is 11.4 Å². The van der Waals surface area contributed by atoms with Crippen molar-refractivity contribution in [1.29, 1.82) is 0 Å². The number of hydrogen-bond acceptors (Lipinski definition) is 4. The van der Waals surface area contributed by atoms with Crippen LogP contribution in [-0.4, -0.2) is 9.97 Å². The van der Waals surface area contributed by atoms with Gasteiger partial charge in [-0.05, 0) is 0 Å². The van der Waals surface area contributed by atoms with Crippen molar-refractivity contribution in [2.45, 2.75) is 17.9 Å². The number of nitrogens with two attached hydrogens (primary N) is 1. The van der Waals surface area contributed by atoms with Crippen molar-refractivity contribution in [2.75, 3.05) is 5.73 Å². The van der Waals surface area contributed by atoms with E-state index in [-0.39, 0.29) is 5.56 Å². The molecule has 0 radical (unpaired) electrons. The molecule has 0 aliphatic carbocycles. The molecule has 0 saturated carbocycles. The van der Waals surface area contributed by atoms with Crippen molar-refractivity contribution in [3.63, 3.8) is 0 Å². The summed E-state index contributed by atoms with van der Waals surface area (Å²) in [4.78, 5) is 8.71. The second-order valence-electron chi connectivity index (χ2n) is 4.27. The van der Waals surface area contributed by atoms with E-state index in [1.54, 1.807) is 23.9 Å². The van der Waals surface area contributed by atoms with Crippen LogP contribution in [0.2, 0.25) is 0 Å². The lowest BCUT2D eigenvalue weighted by molar-refractivity contribution is 0.151. The number of aromatic nitrogens is 2. The summed E-state index contributed by atoms with van der Waals surface area (Å²) in [6.45, 7) is 0. The van der Waals surface area contributed by atoms with Crippen molar-refractivity contribution < 1.29 is 8.78 Å². The van der Waals surface area contributed by atoms with Crippen molar-refractivity contribution in [3.05, 3.63) is 41.1 Å². The summed E-state index contributed by atoms with van der Waals surface area (Å²) in [5, 5.41) is 0. The Balaban J connectivity index is 2.00. The average molecular weight is 279 g/mol. The molecular weight excluding hydrogens is 268 g/mol. The number of nitrogens with zero attached hydrogens (tertiary/aromatic N) is 2. The summed E-state index contributed by atoms with van der Waals surface area (Å²) in [6.07, 6.45) is -2.46. The lowest BCUT2D eigenvalue weighted by Crippen LogP contribution is -2.02. The third-order valence-corrected chi connectivity index (χ3v) is 4.00. The SMILES string of the molecule is Nc1nc(-c2ccc(C(F)F)cc2)nc2c1CSC2. The Kier molecular flexibility index (Phi) is 3.10. The van der Waals surface area contributed by atoms with E-state index in [9.17, 15) is 8.78 Å². The number of fused-ring (bicyclic) bond motifs is 1. The largest absolute Gasteiger partial charge is 0.383 e. The molecule has 0 amide bonds. The van der Waals surface area contributed by atoms with Crippen LogP contribution in [0.3, 0.4) is 0 Å². The van der Waals surface area contributed by atoms with Gasteiger partial charge in [0.25, 0.3) is 6.43 Å². The number of rotatable bonds is 2. The molecule has 0 spiro atoms. The van der Waals surface area contributed by atoms with E-state index < -0.39 is 6.43 Å². The number of hydrogen-bond donors (Lipinski definition) is 1. The van der Waals surface area contributed by atoms with E-state index in [0.717, 1.165) is 22.8 Å². The van der Waals surface area contributed by atoms with E-state index in [1.165, 1.54) is 12.1 Å². The van der Waals surface area contributed by atoms with Crippen LogP contribution >= 0.6 is 11.8 Å². The molecule has 1 aromatic heterocycles. The Bertz CT molecular complexity index is 614. The van der Waals surface area contributed by atoms with Gasteiger partial charge in [0.15, 0.2) is 5.82 Å². The second-order valence-corrected chi connectivity index (χ2v) is 5.26. The first-order valence-electron chi connectivity index (χ1n) is 5.76. The number of benzene rings is 1. The first-order chi connectivity index (χ1) is 9.15. The topological polar surface area (TPSA) is 51.8 Å². The van der Waals surface area contributed by atoms with Crippen LogP contribution < -0.4 is 5.73 Å². The van der Waals surface area contributed by atoms with Gasteiger partial charge in [-0.15, -0.1) is 0 Å². The lowest BCUT2D eigenvalue weighted by Gasteiger charge is -2.07. The van der Waals surface area contributed by atoms with Crippen LogP contribution in [-0.2, 0) is 11.5 Å². The van der Waals surface area contributed by atoms with Crippen LogP contribution in [0.4, 0.5) is 14.6 Å². The number of anilines is 1. The highest BCUT2D eigenvalue weighted by molar-refractivity contribution is 7.98. The summed E-state index contributed by atoms with van der Waals surface area (Å²) in [7, 11) is 0. The third-order valence-electron chi connectivity index (χ3n) is 3.03. The minimum absolute atomic E-state index is 0.00608. The second kappa shape index (κ2) is 4.77. The Hall–Kier alpha value is -1.69. The highest BCUT2D eigenvalue weighted by Crippen LogP contribution is 2.33. The maximum atomic E-state index is 12.5. The zero-order chi connectivity index (χ0) is 13.4. The predicted molar refractivity (Wildman–Crippen MR) is 71.8 cm³/mol. The maximum Gasteiger partial charge on any atom is 0.263 e. The molecule has 0 fully saturated rings. The van der Waals surface area contributed by atoms with Crippen molar-refractivity contribution >= 4 is 17.6 Å². The Morgan fingerprint density at radius 1 is 1.11 bits per heavy atom.